The van der Waals surface area contributed by atoms with Crippen molar-refractivity contribution in [1.29, 1.82) is 0 Å². The molecule has 0 N–H and O–H groups in total. The second-order valence-electron chi connectivity index (χ2n) is 22.4. The first-order valence-electron chi connectivity index (χ1n) is 29.6. The first-order chi connectivity index (χ1) is 42.7. The van der Waals surface area contributed by atoms with Crippen LogP contribution in [0.4, 0.5) is 0 Å². The third-order valence-electron chi connectivity index (χ3n) is 17.3. The fourth-order valence-corrected chi connectivity index (χ4v) is 13.2. The summed E-state index contributed by atoms with van der Waals surface area (Å²) in [5.41, 5.74) is 28.1. The van der Waals surface area contributed by atoms with E-state index < -0.39 is 0 Å². The van der Waals surface area contributed by atoms with Gasteiger partial charge >= 0.3 is 0 Å². The molecule has 0 atom stereocenters. The predicted molar refractivity (Wildman–Crippen MR) is 364 cm³/mol. The zero-order valence-electron chi connectivity index (χ0n) is 47.2. The number of hydrogen-bond donors (Lipinski definition) is 0. The van der Waals surface area contributed by atoms with Crippen LogP contribution in [0.3, 0.4) is 0 Å². The molecule has 0 amide bonds. The van der Waals surface area contributed by atoms with E-state index in [0.29, 0.717) is 0 Å². The molecule has 0 bridgehead atoms. The fraction of sp³-hybridized carbons (Fsp3) is 0. The molecule has 0 saturated carbocycles. The molecule has 2 nitrogen and oxygen atoms in total. The van der Waals surface area contributed by atoms with Gasteiger partial charge in [-0.2, -0.15) is 0 Å². The Morgan fingerprint density at radius 2 is 0.314 bits per heavy atom. The van der Waals surface area contributed by atoms with Gasteiger partial charge in [0.15, 0.2) is 0 Å². The van der Waals surface area contributed by atoms with E-state index in [4.69, 9.17) is 0 Å². The van der Waals surface area contributed by atoms with Crippen LogP contribution in [0.25, 0.3) is 155 Å². The fourth-order valence-electron chi connectivity index (χ4n) is 13.2. The molecule has 2 heterocycles. The Labute approximate surface area is 501 Å². The van der Waals surface area contributed by atoms with Crippen molar-refractivity contribution in [1.82, 2.24) is 9.13 Å². The number of fused-ring (bicyclic) bond motifs is 6. The molecule has 86 heavy (non-hydrogen) atoms. The number of nitrogens with zero attached hydrogens (tertiary/aromatic N) is 2. The van der Waals surface area contributed by atoms with E-state index in [1.54, 1.807) is 0 Å². The van der Waals surface area contributed by atoms with E-state index in [-0.39, 0.29) is 0 Å². The van der Waals surface area contributed by atoms with Gasteiger partial charge < -0.3 is 9.13 Å². The Hall–Kier alpha value is -11.3. The molecule has 0 aliphatic heterocycles. The van der Waals surface area contributed by atoms with Crippen molar-refractivity contribution in [3.63, 3.8) is 0 Å². The van der Waals surface area contributed by atoms with E-state index in [1.807, 2.05) is 0 Å². The van der Waals surface area contributed by atoms with Crippen LogP contribution >= 0.6 is 0 Å². The molecule has 2 heteroatoms. The molecule has 16 rings (SSSR count). The van der Waals surface area contributed by atoms with Gasteiger partial charge in [0.25, 0.3) is 0 Å². The van der Waals surface area contributed by atoms with Crippen molar-refractivity contribution in [2.24, 2.45) is 0 Å². The van der Waals surface area contributed by atoms with Gasteiger partial charge in [-0.3, -0.25) is 0 Å². The maximum absolute atomic E-state index is 2.54. The maximum Gasteiger partial charge on any atom is 0.0620 e. The SMILES string of the molecule is c1ccc(-c2cc(-c3ccccc3)c3c(c2)c2cc(-c4ccccc4)cc(-c4ccccc4)c2n3-c2ccc(-c3ccc(-n4c5c(-c6ccccc6)cc(-c6ccccc6)cc5c5cc(-c6ccccc6)cc(-c6ccccc6)c54)cc3)cc2)cc1. The molecule has 2 aromatic heterocycles. The average molecular weight is 1090 g/mol. The van der Waals surface area contributed by atoms with Gasteiger partial charge in [0.1, 0.15) is 0 Å². The van der Waals surface area contributed by atoms with Crippen LogP contribution < -0.4 is 0 Å². The van der Waals surface area contributed by atoms with Crippen LogP contribution in [-0.4, -0.2) is 9.13 Å². The van der Waals surface area contributed by atoms with E-state index >= 15 is 0 Å². The summed E-state index contributed by atoms with van der Waals surface area (Å²) in [6, 6.07) is 125. The van der Waals surface area contributed by atoms with Crippen LogP contribution in [0.5, 0.6) is 0 Å². The number of hydrogen-bond acceptors (Lipinski definition) is 0. The Morgan fingerprint density at radius 1 is 0.140 bits per heavy atom. The minimum Gasteiger partial charge on any atom is -0.308 e. The molecule has 0 fully saturated rings. The van der Waals surface area contributed by atoms with Crippen molar-refractivity contribution in [3.8, 4) is 112 Å². The number of aromatic nitrogens is 2. The predicted octanol–water partition coefficient (Wildman–Crippen LogP) is 22.9. The van der Waals surface area contributed by atoms with E-state index in [0.717, 1.165) is 22.5 Å². The lowest BCUT2D eigenvalue weighted by atomic mass is 9.93. The zero-order chi connectivity index (χ0) is 56.9. The molecule has 0 saturated heterocycles. The Morgan fingerprint density at radius 3 is 0.512 bits per heavy atom. The molecule has 402 valence electrons. The van der Waals surface area contributed by atoms with Gasteiger partial charge in [-0.1, -0.05) is 267 Å². The molecule has 14 aromatic carbocycles. The number of benzene rings is 14. The summed E-state index contributed by atoms with van der Waals surface area (Å²) in [4.78, 5) is 0. The van der Waals surface area contributed by atoms with E-state index in [2.05, 4.69) is 349 Å². The van der Waals surface area contributed by atoms with Crippen LogP contribution in [0.1, 0.15) is 0 Å². The van der Waals surface area contributed by atoms with Gasteiger partial charge in [-0.15, -0.1) is 0 Å². The molecule has 0 aliphatic rings. The van der Waals surface area contributed by atoms with Crippen LogP contribution in [-0.2, 0) is 0 Å². The molecule has 0 spiro atoms. The summed E-state index contributed by atoms with van der Waals surface area (Å²) in [7, 11) is 0. The van der Waals surface area contributed by atoms with Crippen LogP contribution in [0, 0.1) is 0 Å². The Kier molecular flexibility index (Phi) is 12.6. The zero-order valence-corrected chi connectivity index (χ0v) is 47.2. The Balaban J connectivity index is 0.904. The third-order valence-corrected chi connectivity index (χ3v) is 17.3. The molecule has 0 unspecified atom stereocenters. The summed E-state index contributed by atoms with van der Waals surface area (Å²) in [5.74, 6) is 0. The molecule has 0 radical (unpaired) electrons. The standard InChI is InChI=1S/C84H56N2/c1-9-25-57(26-10-1)67-49-73(63-33-17-5-18-34-63)81-77(53-67)78-54-68(58-27-11-2-12-28-58)50-74(64-35-19-6-20-36-64)82(78)85(81)71-45-41-61(42-46-71)62-43-47-72(48-44-62)86-83-75(65-37-21-7-22-38-65)51-69(59-29-13-3-14-30-59)55-79(83)80-56-70(60-31-15-4-16-32-60)52-76(84(80)86)66-39-23-8-24-40-66/h1-56H. The monoisotopic (exact) mass is 1090 g/mol. The highest BCUT2D eigenvalue weighted by Gasteiger charge is 2.25. The quantitative estimate of drug-likeness (QED) is 0.122. The summed E-state index contributed by atoms with van der Waals surface area (Å²) in [6.45, 7) is 0. The second kappa shape index (κ2) is 21.5. The highest BCUT2D eigenvalue weighted by Crippen LogP contribution is 2.49. The lowest BCUT2D eigenvalue weighted by Crippen LogP contribution is -1.98. The van der Waals surface area contributed by atoms with E-state index in [9.17, 15) is 0 Å². The smallest absolute Gasteiger partial charge is 0.0620 e. The van der Waals surface area contributed by atoms with Gasteiger partial charge in [-0.25, -0.2) is 0 Å². The van der Waals surface area contributed by atoms with Crippen molar-refractivity contribution >= 4 is 43.6 Å². The minimum atomic E-state index is 1.09. The topological polar surface area (TPSA) is 9.86 Å². The van der Waals surface area contributed by atoms with E-state index in [1.165, 1.54) is 133 Å². The maximum atomic E-state index is 2.54. The minimum absolute atomic E-state index is 1.09. The third kappa shape index (κ3) is 8.91. The molecular weight excluding hydrogens is 1040 g/mol. The van der Waals surface area contributed by atoms with Crippen molar-refractivity contribution in [3.05, 3.63) is 340 Å². The average Bonchev–Trinajstić information content (AvgIpc) is 2.11. The lowest BCUT2D eigenvalue weighted by molar-refractivity contribution is 1.18. The van der Waals surface area contributed by atoms with Crippen LogP contribution in [0.2, 0.25) is 0 Å². The summed E-state index contributed by atoms with van der Waals surface area (Å²) in [6.07, 6.45) is 0. The second-order valence-corrected chi connectivity index (χ2v) is 22.4. The normalized spacial score (nSPS) is 11.5. The summed E-state index contributed by atoms with van der Waals surface area (Å²) < 4.78 is 5.07. The van der Waals surface area contributed by atoms with Gasteiger partial charge in [-0.05, 0) is 151 Å². The summed E-state index contributed by atoms with van der Waals surface area (Å²) in [5, 5.41) is 4.83. The molecule has 0 aliphatic carbocycles. The van der Waals surface area contributed by atoms with Crippen molar-refractivity contribution in [2.75, 3.05) is 0 Å². The first kappa shape index (κ1) is 50.4. The largest absolute Gasteiger partial charge is 0.308 e. The van der Waals surface area contributed by atoms with Crippen molar-refractivity contribution < 1.29 is 0 Å². The van der Waals surface area contributed by atoms with Gasteiger partial charge in [0, 0.05) is 55.2 Å². The lowest BCUT2D eigenvalue weighted by Gasteiger charge is -2.17. The van der Waals surface area contributed by atoms with Gasteiger partial charge in [0.2, 0.25) is 0 Å². The van der Waals surface area contributed by atoms with Crippen molar-refractivity contribution in [2.45, 2.75) is 0 Å². The molecule has 16 aromatic rings. The number of rotatable bonds is 11. The summed E-state index contributed by atoms with van der Waals surface area (Å²) >= 11 is 0. The highest BCUT2D eigenvalue weighted by atomic mass is 15.0. The highest BCUT2D eigenvalue weighted by molar-refractivity contribution is 6.21. The van der Waals surface area contributed by atoms with Gasteiger partial charge in [0.05, 0.1) is 22.1 Å². The molecular formula is C84H56N2. The first-order valence-corrected chi connectivity index (χ1v) is 29.6. The Bertz CT molecular complexity index is 4500. The van der Waals surface area contributed by atoms with Crippen LogP contribution in [0.15, 0.2) is 340 Å².